The molecule has 6 heteroatoms. The molecule has 0 saturated carbocycles. The van der Waals surface area contributed by atoms with Crippen LogP contribution in [0.2, 0.25) is 0 Å². The molecule has 4 rings (SSSR count). The van der Waals surface area contributed by atoms with Crippen molar-refractivity contribution < 1.29 is 25.9 Å². The maximum Gasteiger partial charge on any atom is 0.139 e. The van der Waals surface area contributed by atoms with Gasteiger partial charge in [-0.25, -0.2) is 14.7 Å². The molecule has 4 heterocycles. The van der Waals surface area contributed by atoms with Crippen LogP contribution in [0.5, 0.6) is 0 Å². The van der Waals surface area contributed by atoms with Crippen LogP contribution < -0.4 is 17.0 Å². The van der Waals surface area contributed by atoms with Crippen molar-refractivity contribution >= 4 is 0 Å². The van der Waals surface area contributed by atoms with E-state index in [1.807, 2.05) is 0 Å². The highest BCUT2D eigenvalue weighted by Gasteiger charge is 2.48. The molecule has 0 aromatic heterocycles. The average molecular weight is 321 g/mol. The summed E-state index contributed by atoms with van der Waals surface area (Å²) in [6.07, 6.45) is 1.35. The molecular weight excluding hydrogens is 294 g/mol. The number of rotatable bonds is 4. The second kappa shape index (κ2) is 5.00. The van der Waals surface area contributed by atoms with E-state index in [2.05, 4.69) is 35.8 Å². The van der Waals surface area contributed by atoms with Crippen molar-refractivity contribution in [2.75, 3.05) is 74.2 Å². The highest BCUT2D eigenvalue weighted by atomic mass is 79.9. The van der Waals surface area contributed by atoms with E-state index in [4.69, 9.17) is 0 Å². The minimum absolute atomic E-state index is 0. The van der Waals surface area contributed by atoms with Crippen molar-refractivity contribution in [2.45, 2.75) is 6.42 Å². The number of quaternary nitrogens is 2. The molecule has 0 amide bonds. The predicted molar refractivity (Wildman–Crippen MR) is 67.4 cm³/mol. The van der Waals surface area contributed by atoms with Crippen molar-refractivity contribution in [3.8, 4) is 0 Å². The molecule has 0 spiro atoms. The first-order chi connectivity index (χ1) is 7.94. The van der Waals surface area contributed by atoms with Crippen LogP contribution in [0.4, 0.5) is 0 Å². The summed E-state index contributed by atoms with van der Waals surface area (Å²) >= 11 is 0. The maximum atomic E-state index is 2.60. The third kappa shape index (κ3) is 3.05. The SMILES string of the molecule is C[N+](C)(C)CCC[N+]12CN3CN(CN(C3)C1)C2.[Br-]. The third-order valence-electron chi connectivity index (χ3n) is 4.16. The molecule has 0 radical (unpaired) electrons. The molecule has 4 fully saturated rings. The van der Waals surface area contributed by atoms with Gasteiger partial charge in [0, 0.05) is 6.42 Å². The van der Waals surface area contributed by atoms with Crippen LogP contribution in [-0.2, 0) is 0 Å². The summed E-state index contributed by atoms with van der Waals surface area (Å²) in [5.74, 6) is 0. The lowest BCUT2D eigenvalue weighted by molar-refractivity contribution is -0.982. The van der Waals surface area contributed by atoms with Gasteiger partial charge in [0.1, 0.15) is 20.0 Å². The Morgan fingerprint density at radius 2 is 1.33 bits per heavy atom. The van der Waals surface area contributed by atoms with Crippen LogP contribution >= 0.6 is 0 Å². The largest absolute Gasteiger partial charge is 1.00 e. The van der Waals surface area contributed by atoms with E-state index in [-0.39, 0.29) is 17.0 Å². The van der Waals surface area contributed by atoms with Crippen molar-refractivity contribution in [3.05, 3.63) is 0 Å². The van der Waals surface area contributed by atoms with Crippen LogP contribution in [0, 0.1) is 0 Å². The smallest absolute Gasteiger partial charge is 0.139 e. The van der Waals surface area contributed by atoms with Gasteiger partial charge in [0.15, 0.2) is 0 Å². The Hall–Kier alpha value is 0.280. The quantitative estimate of drug-likeness (QED) is 0.500. The molecule has 106 valence electrons. The molecule has 4 saturated heterocycles. The van der Waals surface area contributed by atoms with Gasteiger partial charge in [-0.2, -0.15) is 0 Å². The fourth-order valence-corrected chi connectivity index (χ4v) is 3.75. The van der Waals surface area contributed by atoms with Crippen molar-refractivity contribution in [3.63, 3.8) is 0 Å². The lowest BCUT2D eigenvalue weighted by Crippen LogP contribution is -3.00. The van der Waals surface area contributed by atoms with E-state index in [9.17, 15) is 0 Å². The fourth-order valence-electron chi connectivity index (χ4n) is 3.75. The third-order valence-corrected chi connectivity index (χ3v) is 4.16. The molecule has 0 aliphatic carbocycles. The topological polar surface area (TPSA) is 9.72 Å². The van der Waals surface area contributed by atoms with Crippen LogP contribution in [0.1, 0.15) is 6.42 Å². The first-order valence-electron chi connectivity index (χ1n) is 6.77. The zero-order chi connectivity index (χ0) is 12.1. The summed E-state index contributed by atoms with van der Waals surface area (Å²) in [6, 6.07) is 0. The number of halogens is 1. The van der Waals surface area contributed by atoms with E-state index in [0.717, 1.165) is 4.48 Å². The van der Waals surface area contributed by atoms with Crippen molar-refractivity contribution in [1.29, 1.82) is 0 Å². The summed E-state index contributed by atoms with van der Waals surface area (Å²) in [5, 5.41) is 0. The fraction of sp³-hybridized carbons (Fsp3) is 1.00. The van der Waals surface area contributed by atoms with Gasteiger partial charge in [0.25, 0.3) is 0 Å². The number of nitrogens with zero attached hydrogens (tertiary/aromatic N) is 5. The first kappa shape index (κ1) is 14.7. The maximum absolute atomic E-state index is 2.60. The molecule has 0 N–H and O–H groups in total. The standard InChI is InChI=1S/C12H27N5.BrH/c1-16(2,3)5-4-6-17-10-13-7-14(11-17)9-15(8-13)12-17;/h4-12H2,1-3H3;1H/q+2;/p-1. The number of hydrogen-bond donors (Lipinski definition) is 0. The average Bonchev–Trinajstić information content (AvgIpc) is 2.11. The summed E-state index contributed by atoms with van der Waals surface area (Å²) in [5.41, 5.74) is 0. The van der Waals surface area contributed by atoms with E-state index in [1.54, 1.807) is 0 Å². The monoisotopic (exact) mass is 320 g/mol. The van der Waals surface area contributed by atoms with Crippen molar-refractivity contribution in [1.82, 2.24) is 14.7 Å². The normalized spacial score (nSPS) is 41.8. The van der Waals surface area contributed by atoms with E-state index in [0.29, 0.717) is 0 Å². The van der Waals surface area contributed by atoms with Gasteiger partial charge in [-0.3, -0.25) is 4.48 Å². The summed E-state index contributed by atoms with van der Waals surface area (Å²) in [6.45, 7) is 10.1. The summed E-state index contributed by atoms with van der Waals surface area (Å²) in [4.78, 5) is 7.80. The Labute approximate surface area is 121 Å². The Balaban J connectivity index is 0.00000120. The molecule has 0 unspecified atom stereocenters. The van der Waals surface area contributed by atoms with Crippen LogP contribution in [-0.4, -0.2) is 97.9 Å². The molecular formula is C12H27BrN5+. The second-order valence-electron chi connectivity index (χ2n) is 7.29. The van der Waals surface area contributed by atoms with E-state index >= 15 is 0 Å². The van der Waals surface area contributed by atoms with Crippen LogP contribution in [0.15, 0.2) is 0 Å². The predicted octanol–water partition coefficient (Wildman–Crippen LogP) is -3.40. The lowest BCUT2D eigenvalue weighted by atomic mass is 10.2. The zero-order valence-electron chi connectivity index (χ0n) is 12.0. The lowest BCUT2D eigenvalue weighted by Gasteiger charge is -2.60. The van der Waals surface area contributed by atoms with Gasteiger partial charge >= 0.3 is 0 Å². The molecule has 5 nitrogen and oxygen atoms in total. The number of hydrogen-bond acceptors (Lipinski definition) is 3. The second-order valence-corrected chi connectivity index (χ2v) is 7.29. The van der Waals surface area contributed by atoms with Gasteiger partial charge in [0.05, 0.1) is 54.2 Å². The highest BCUT2D eigenvalue weighted by Crippen LogP contribution is 2.28. The summed E-state index contributed by atoms with van der Waals surface area (Å²) < 4.78 is 2.39. The minimum Gasteiger partial charge on any atom is -1.00 e. The molecule has 0 atom stereocenters. The van der Waals surface area contributed by atoms with Gasteiger partial charge < -0.3 is 21.5 Å². The van der Waals surface area contributed by atoms with Crippen LogP contribution in [0.3, 0.4) is 0 Å². The van der Waals surface area contributed by atoms with Crippen molar-refractivity contribution in [2.24, 2.45) is 0 Å². The minimum atomic E-state index is 0. The Kier molecular flexibility index (Phi) is 4.07. The molecule has 4 aliphatic heterocycles. The Bertz CT molecular complexity index is 266. The van der Waals surface area contributed by atoms with Gasteiger partial charge in [-0.1, -0.05) is 0 Å². The van der Waals surface area contributed by atoms with E-state index < -0.39 is 0 Å². The molecule has 0 aromatic rings. The molecule has 0 aromatic carbocycles. The Morgan fingerprint density at radius 1 is 0.889 bits per heavy atom. The first-order valence-corrected chi connectivity index (χ1v) is 6.77. The molecule has 18 heavy (non-hydrogen) atoms. The highest BCUT2D eigenvalue weighted by molar-refractivity contribution is 4.73. The van der Waals surface area contributed by atoms with Crippen LogP contribution in [0.25, 0.3) is 0 Å². The van der Waals surface area contributed by atoms with Gasteiger partial charge in [0.2, 0.25) is 0 Å². The molecule has 4 aliphatic rings. The molecule has 4 bridgehead atoms. The Morgan fingerprint density at radius 3 is 1.72 bits per heavy atom. The zero-order valence-corrected chi connectivity index (χ0v) is 13.6. The van der Waals surface area contributed by atoms with Gasteiger partial charge in [-0.15, -0.1) is 0 Å². The van der Waals surface area contributed by atoms with E-state index in [1.165, 1.54) is 64.0 Å². The summed E-state index contributed by atoms with van der Waals surface area (Å²) in [7, 11) is 6.88. The van der Waals surface area contributed by atoms with Gasteiger partial charge in [-0.05, 0) is 0 Å².